The second kappa shape index (κ2) is 7.21. The monoisotopic (exact) mass is 404 g/mol. The highest BCUT2D eigenvalue weighted by Crippen LogP contribution is 2.33. The third-order valence-corrected chi connectivity index (χ3v) is 5.85. The highest BCUT2D eigenvalue weighted by atomic mass is 16.5. The zero-order valence-electron chi connectivity index (χ0n) is 17.0. The first-order valence-corrected chi connectivity index (χ1v) is 10.2. The standard InChI is InChI=1S/C22H24N6O2/c1-22(29)8-5-15(6-9-22)25-21-26-20(30-2)19-16(7-12-28(19)27-21)14-3-4-17-18(13-14)24-11-10-23-17/h3-4,7,10-13,15,29H,5-6,8-9H2,1-2H3,(H,25,27). The summed E-state index contributed by atoms with van der Waals surface area (Å²) >= 11 is 0. The van der Waals surface area contributed by atoms with Crippen LogP contribution in [0, 0.1) is 0 Å². The van der Waals surface area contributed by atoms with Crippen LogP contribution in [0.2, 0.25) is 0 Å². The van der Waals surface area contributed by atoms with Crippen LogP contribution in [0.25, 0.3) is 27.7 Å². The van der Waals surface area contributed by atoms with Crippen LogP contribution in [0.15, 0.2) is 42.9 Å². The maximum atomic E-state index is 10.2. The molecule has 1 aliphatic rings. The molecule has 3 heterocycles. The molecule has 30 heavy (non-hydrogen) atoms. The summed E-state index contributed by atoms with van der Waals surface area (Å²) in [7, 11) is 1.62. The normalized spacial score (nSPS) is 21.8. The number of methoxy groups -OCH3 is 1. The van der Waals surface area contributed by atoms with E-state index in [0.717, 1.165) is 53.4 Å². The van der Waals surface area contributed by atoms with Crippen LogP contribution in [-0.4, -0.2) is 48.4 Å². The molecule has 0 amide bonds. The van der Waals surface area contributed by atoms with Crippen molar-refractivity contribution in [3.8, 4) is 17.0 Å². The zero-order chi connectivity index (χ0) is 20.7. The predicted molar refractivity (Wildman–Crippen MR) is 115 cm³/mol. The van der Waals surface area contributed by atoms with E-state index >= 15 is 0 Å². The van der Waals surface area contributed by atoms with Crippen molar-refractivity contribution in [3.63, 3.8) is 0 Å². The van der Waals surface area contributed by atoms with Crippen LogP contribution in [0.1, 0.15) is 32.6 Å². The Kier molecular flexibility index (Phi) is 4.51. The zero-order valence-corrected chi connectivity index (χ0v) is 17.0. The van der Waals surface area contributed by atoms with E-state index in [1.54, 1.807) is 24.0 Å². The molecule has 1 aromatic carbocycles. The second-order valence-electron chi connectivity index (χ2n) is 8.14. The number of benzene rings is 1. The number of hydrogen-bond acceptors (Lipinski definition) is 7. The summed E-state index contributed by atoms with van der Waals surface area (Å²) in [6, 6.07) is 8.23. The molecule has 5 rings (SSSR count). The molecule has 0 unspecified atom stereocenters. The van der Waals surface area contributed by atoms with Gasteiger partial charge in [-0.15, -0.1) is 5.10 Å². The first-order chi connectivity index (χ1) is 14.5. The van der Waals surface area contributed by atoms with E-state index in [9.17, 15) is 5.11 Å². The average Bonchev–Trinajstić information content (AvgIpc) is 3.18. The number of aromatic nitrogens is 5. The van der Waals surface area contributed by atoms with Gasteiger partial charge >= 0.3 is 0 Å². The molecule has 154 valence electrons. The minimum absolute atomic E-state index is 0.237. The summed E-state index contributed by atoms with van der Waals surface area (Å²) in [5.41, 5.74) is 3.90. The molecule has 1 aliphatic carbocycles. The Labute approximate surface area is 174 Å². The van der Waals surface area contributed by atoms with Gasteiger partial charge in [0.1, 0.15) is 5.52 Å². The lowest BCUT2D eigenvalue weighted by Gasteiger charge is -2.33. The number of rotatable bonds is 4. The lowest BCUT2D eigenvalue weighted by molar-refractivity contribution is 0.0195. The van der Waals surface area contributed by atoms with Crippen LogP contribution in [-0.2, 0) is 0 Å². The number of nitrogens with zero attached hydrogens (tertiary/aromatic N) is 5. The fourth-order valence-electron chi connectivity index (χ4n) is 4.13. The third-order valence-electron chi connectivity index (χ3n) is 5.85. The van der Waals surface area contributed by atoms with Crippen LogP contribution >= 0.6 is 0 Å². The number of hydrogen-bond donors (Lipinski definition) is 2. The van der Waals surface area contributed by atoms with Crippen molar-refractivity contribution in [2.24, 2.45) is 0 Å². The number of anilines is 1. The molecule has 1 saturated carbocycles. The molecule has 0 saturated heterocycles. The molecule has 8 heteroatoms. The fraction of sp³-hybridized carbons (Fsp3) is 0.364. The summed E-state index contributed by atoms with van der Waals surface area (Å²) in [4.78, 5) is 13.4. The van der Waals surface area contributed by atoms with E-state index in [1.165, 1.54) is 0 Å². The summed E-state index contributed by atoms with van der Waals surface area (Å²) in [5, 5.41) is 18.2. The Bertz CT molecular complexity index is 1210. The summed E-state index contributed by atoms with van der Waals surface area (Å²) in [6.07, 6.45) is 8.58. The van der Waals surface area contributed by atoms with Crippen molar-refractivity contribution in [1.29, 1.82) is 0 Å². The lowest BCUT2D eigenvalue weighted by atomic mass is 9.84. The van der Waals surface area contributed by atoms with Crippen LogP contribution in [0.3, 0.4) is 0 Å². The minimum Gasteiger partial charge on any atom is -0.479 e. The van der Waals surface area contributed by atoms with Gasteiger partial charge in [0.05, 0.1) is 23.7 Å². The highest BCUT2D eigenvalue weighted by molar-refractivity contribution is 5.89. The van der Waals surface area contributed by atoms with Crippen molar-refractivity contribution >= 4 is 22.5 Å². The quantitative estimate of drug-likeness (QED) is 0.538. The Morgan fingerprint density at radius 2 is 1.90 bits per heavy atom. The van der Waals surface area contributed by atoms with Gasteiger partial charge in [0.25, 0.3) is 0 Å². The minimum atomic E-state index is -0.569. The Balaban J connectivity index is 1.49. The average molecular weight is 404 g/mol. The van der Waals surface area contributed by atoms with Crippen LogP contribution < -0.4 is 10.1 Å². The Hall–Kier alpha value is -3.26. The molecule has 0 bridgehead atoms. The van der Waals surface area contributed by atoms with Gasteiger partial charge in [-0.05, 0) is 56.4 Å². The summed E-state index contributed by atoms with van der Waals surface area (Å²) in [6.45, 7) is 1.90. The van der Waals surface area contributed by atoms with Gasteiger partial charge in [-0.3, -0.25) is 9.97 Å². The van der Waals surface area contributed by atoms with E-state index in [2.05, 4.69) is 25.4 Å². The molecule has 0 atom stereocenters. The van der Waals surface area contributed by atoms with E-state index < -0.39 is 5.60 Å². The highest BCUT2D eigenvalue weighted by Gasteiger charge is 2.29. The maximum absolute atomic E-state index is 10.2. The van der Waals surface area contributed by atoms with E-state index in [4.69, 9.17) is 4.74 Å². The molecule has 2 N–H and O–H groups in total. The number of aliphatic hydroxyl groups is 1. The van der Waals surface area contributed by atoms with Crippen molar-refractivity contribution in [3.05, 3.63) is 42.9 Å². The van der Waals surface area contributed by atoms with Crippen molar-refractivity contribution in [2.75, 3.05) is 12.4 Å². The Morgan fingerprint density at radius 1 is 1.13 bits per heavy atom. The molecule has 4 aromatic rings. The molecule has 8 nitrogen and oxygen atoms in total. The lowest BCUT2D eigenvalue weighted by Crippen LogP contribution is -2.36. The first kappa shape index (κ1) is 18.7. The number of ether oxygens (including phenoxy) is 1. The van der Waals surface area contributed by atoms with Crippen LogP contribution in [0.4, 0.5) is 5.95 Å². The van der Waals surface area contributed by atoms with Gasteiger partial charge in [-0.1, -0.05) is 6.07 Å². The SMILES string of the molecule is COc1nc(NC2CCC(C)(O)CC2)nn2ccc(-c3ccc4nccnc4c3)c12. The Morgan fingerprint density at radius 3 is 2.67 bits per heavy atom. The van der Waals surface area contributed by atoms with E-state index in [-0.39, 0.29) is 6.04 Å². The van der Waals surface area contributed by atoms with Gasteiger partial charge in [-0.25, -0.2) is 4.52 Å². The second-order valence-corrected chi connectivity index (χ2v) is 8.14. The topological polar surface area (TPSA) is 97.5 Å². The summed E-state index contributed by atoms with van der Waals surface area (Å²) < 4.78 is 7.41. The molecular formula is C22H24N6O2. The smallest absolute Gasteiger partial charge is 0.244 e. The molecule has 0 aliphatic heterocycles. The number of fused-ring (bicyclic) bond motifs is 2. The van der Waals surface area contributed by atoms with Crippen LogP contribution in [0.5, 0.6) is 5.88 Å². The molecule has 3 aromatic heterocycles. The molecule has 0 radical (unpaired) electrons. The molecule has 1 fully saturated rings. The van der Waals surface area contributed by atoms with Crippen molar-refractivity contribution in [1.82, 2.24) is 24.6 Å². The maximum Gasteiger partial charge on any atom is 0.244 e. The predicted octanol–water partition coefficient (Wildman–Crippen LogP) is 3.45. The third kappa shape index (κ3) is 3.43. The first-order valence-electron chi connectivity index (χ1n) is 10.2. The van der Waals surface area contributed by atoms with Crippen molar-refractivity contribution < 1.29 is 9.84 Å². The van der Waals surface area contributed by atoms with Crippen molar-refractivity contribution in [2.45, 2.75) is 44.2 Å². The van der Waals surface area contributed by atoms with Gasteiger partial charge < -0.3 is 15.2 Å². The number of nitrogens with one attached hydrogen (secondary N) is 1. The van der Waals surface area contributed by atoms with Gasteiger partial charge in [0, 0.05) is 30.2 Å². The molecule has 0 spiro atoms. The summed E-state index contributed by atoms with van der Waals surface area (Å²) in [5.74, 6) is 1.03. The van der Waals surface area contributed by atoms with E-state index in [0.29, 0.717) is 11.8 Å². The van der Waals surface area contributed by atoms with Gasteiger partial charge in [0.15, 0.2) is 0 Å². The van der Waals surface area contributed by atoms with Gasteiger partial charge in [0.2, 0.25) is 11.8 Å². The largest absolute Gasteiger partial charge is 0.479 e. The molecular weight excluding hydrogens is 380 g/mol. The van der Waals surface area contributed by atoms with Gasteiger partial charge in [-0.2, -0.15) is 4.98 Å². The fourth-order valence-corrected chi connectivity index (χ4v) is 4.13. The van der Waals surface area contributed by atoms with E-state index in [1.807, 2.05) is 37.4 Å².